The number of ether oxygens (including phenoxy) is 2. The van der Waals surface area contributed by atoms with Gasteiger partial charge in [-0.3, -0.25) is 0 Å². The van der Waals surface area contributed by atoms with Crippen LogP contribution in [0.2, 0.25) is 0 Å². The van der Waals surface area contributed by atoms with Gasteiger partial charge in [-0.15, -0.1) is 0 Å². The van der Waals surface area contributed by atoms with Crippen LogP contribution < -0.4 is 0 Å². The molecule has 2 unspecified atom stereocenters. The summed E-state index contributed by atoms with van der Waals surface area (Å²) in [5, 5.41) is 0. The van der Waals surface area contributed by atoms with Crippen LogP contribution in [0.5, 0.6) is 0 Å². The van der Waals surface area contributed by atoms with Gasteiger partial charge < -0.3 is 9.47 Å². The van der Waals surface area contributed by atoms with Crippen LogP contribution in [0.25, 0.3) is 0 Å². The van der Waals surface area contributed by atoms with Crippen molar-refractivity contribution in [1.29, 1.82) is 0 Å². The van der Waals surface area contributed by atoms with Crippen LogP contribution in [-0.2, 0) is 9.47 Å². The molecule has 0 spiro atoms. The molecule has 80 valence electrons. The van der Waals surface area contributed by atoms with Crippen LogP contribution in [0.15, 0.2) is 12.5 Å². The predicted molar refractivity (Wildman–Crippen MR) is 55.4 cm³/mol. The second kappa shape index (κ2) is 4.24. The average molecular weight is 196 g/mol. The smallest absolute Gasteiger partial charge is 0.242 e. The summed E-state index contributed by atoms with van der Waals surface area (Å²) in [5.41, 5.74) is 0. The third-order valence-corrected chi connectivity index (χ3v) is 3.32. The van der Waals surface area contributed by atoms with Gasteiger partial charge in [0.05, 0.1) is 0 Å². The van der Waals surface area contributed by atoms with E-state index in [1.807, 2.05) is 0 Å². The zero-order valence-electron chi connectivity index (χ0n) is 9.11. The van der Waals surface area contributed by atoms with E-state index < -0.39 is 0 Å². The predicted octanol–water partition coefficient (Wildman–Crippen LogP) is 3.29. The maximum Gasteiger partial charge on any atom is 0.242 e. The highest BCUT2D eigenvalue weighted by atomic mass is 16.7. The van der Waals surface area contributed by atoms with Gasteiger partial charge in [0, 0.05) is 5.92 Å². The minimum atomic E-state index is 0.0150. The Morgan fingerprint density at radius 2 is 1.93 bits per heavy atom. The van der Waals surface area contributed by atoms with Gasteiger partial charge in [0.1, 0.15) is 12.5 Å². The minimum absolute atomic E-state index is 0.0150. The van der Waals surface area contributed by atoms with Crippen LogP contribution in [0.4, 0.5) is 0 Å². The highest BCUT2D eigenvalue weighted by Crippen LogP contribution is 2.40. The Morgan fingerprint density at radius 1 is 1.21 bits per heavy atom. The summed E-state index contributed by atoms with van der Waals surface area (Å²) in [4.78, 5) is 0. The molecule has 1 aliphatic carbocycles. The van der Waals surface area contributed by atoms with Crippen LogP contribution in [0.1, 0.15) is 39.5 Å². The number of hydrogen-bond donors (Lipinski definition) is 0. The van der Waals surface area contributed by atoms with Crippen LogP contribution in [0, 0.1) is 17.8 Å². The lowest BCUT2D eigenvalue weighted by Crippen LogP contribution is -2.25. The molecule has 1 aliphatic heterocycles. The molecule has 1 heterocycles. The van der Waals surface area contributed by atoms with Crippen molar-refractivity contribution in [3.05, 3.63) is 12.5 Å². The molecule has 0 saturated heterocycles. The lowest BCUT2D eigenvalue weighted by atomic mass is 9.88. The summed E-state index contributed by atoms with van der Waals surface area (Å²) in [6.07, 6.45) is 8.64. The summed E-state index contributed by atoms with van der Waals surface area (Å²) >= 11 is 0. The van der Waals surface area contributed by atoms with Crippen LogP contribution >= 0.6 is 0 Å². The summed E-state index contributed by atoms with van der Waals surface area (Å²) in [6, 6.07) is 0. The Bertz CT molecular complexity index is 202. The Hall–Kier alpha value is -0.660. The third kappa shape index (κ3) is 2.05. The molecule has 2 nitrogen and oxygen atoms in total. The van der Waals surface area contributed by atoms with E-state index >= 15 is 0 Å². The van der Waals surface area contributed by atoms with Crippen molar-refractivity contribution in [3.63, 3.8) is 0 Å². The van der Waals surface area contributed by atoms with Gasteiger partial charge >= 0.3 is 0 Å². The summed E-state index contributed by atoms with van der Waals surface area (Å²) < 4.78 is 10.9. The monoisotopic (exact) mass is 196 g/mol. The molecule has 2 rings (SSSR count). The van der Waals surface area contributed by atoms with E-state index in [0.29, 0.717) is 5.92 Å². The zero-order valence-corrected chi connectivity index (χ0v) is 9.11. The summed E-state index contributed by atoms with van der Waals surface area (Å²) in [6.45, 7) is 4.59. The minimum Gasteiger partial charge on any atom is -0.459 e. The molecule has 1 fully saturated rings. The first kappa shape index (κ1) is 9.88. The molecule has 0 aromatic carbocycles. The van der Waals surface area contributed by atoms with Gasteiger partial charge in [-0.05, 0) is 31.1 Å². The van der Waals surface area contributed by atoms with Crippen molar-refractivity contribution in [2.45, 2.75) is 45.8 Å². The number of hydrogen-bond acceptors (Lipinski definition) is 2. The Labute approximate surface area is 86.3 Å². The maximum absolute atomic E-state index is 5.45. The van der Waals surface area contributed by atoms with Gasteiger partial charge in [0.2, 0.25) is 6.29 Å². The highest BCUT2D eigenvalue weighted by Gasteiger charge is 2.36. The highest BCUT2D eigenvalue weighted by molar-refractivity contribution is 4.85. The molecule has 0 bridgehead atoms. The van der Waals surface area contributed by atoms with Crippen molar-refractivity contribution in [2.24, 2.45) is 17.8 Å². The molecule has 2 atom stereocenters. The van der Waals surface area contributed by atoms with E-state index in [9.17, 15) is 0 Å². The Morgan fingerprint density at radius 3 is 2.57 bits per heavy atom. The van der Waals surface area contributed by atoms with Gasteiger partial charge in [0.15, 0.2) is 0 Å². The topological polar surface area (TPSA) is 18.5 Å². The lowest BCUT2D eigenvalue weighted by molar-refractivity contribution is -0.0792. The van der Waals surface area contributed by atoms with Crippen molar-refractivity contribution in [1.82, 2.24) is 0 Å². The molecule has 1 saturated carbocycles. The molecule has 0 N–H and O–H groups in total. The lowest BCUT2D eigenvalue weighted by Gasteiger charge is -2.25. The van der Waals surface area contributed by atoms with E-state index in [1.165, 1.54) is 25.7 Å². The molecule has 0 radical (unpaired) electrons. The van der Waals surface area contributed by atoms with Gasteiger partial charge in [-0.2, -0.15) is 0 Å². The fourth-order valence-electron chi connectivity index (χ4n) is 2.77. The average Bonchev–Trinajstić information content (AvgIpc) is 2.70. The van der Waals surface area contributed by atoms with E-state index in [4.69, 9.17) is 9.47 Å². The van der Waals surface area contributed by atoms with E-state index in [-0.39, 0.29) is 6.29 Å². The first-order chi connectivity index (χ1) is 6.77. The molecular weight excluding hydrogens is 176 g/mol. The largest absolute Gasteiger partial charge is 0.459 e. The molecule has 0 aromatic heterocycles. The van der Waals surface area contributed by atoms with E-state index in [0.717, 1.165) is 11.8 Å². The third-order valence-electron chi connectivity index (χ3n) is 3.32. The Balaban J connectivity index is 1.89. The van der Waals surface area contributed by atoms with Gasteiger partial charge in [-0.25, -0.2) is 0 Å². The fraction of sp³-hybridized carbons (Fsp3) is 0.833. The van der Waals surface area contributed by atoms with Crippen LogP contribution in [-0.4, -0.2) is 6.29 Å². The fourth-order valence-corrected chi connectivity index (χ4v) is 2.77. The Kier molecular flexibility index (Phi) is 2.99. The van der Waals surface area contributed by atoms with Gasteiger partial charge in [-0.1, -0.05) is 20.3 Å². The second-order valence-electron chi connectivity index (χ2n) is 4.90. The molecule has 14 heavy (non-hydrogen) atoms. The first-order valence-corrected chi connectivity index (χ1v) is 5.73. The van der Waals surface area contributed by atoms with E-state index in [2.05, 4.69) is 13.8 Å². The molecule has 2 heteroatoms. The molecule has 2 aliphatic rings. The maximum atomic E-state index is 5.45. The van der Waals surface area contributed by atoms with Crippen LogP contribution in [0.3, 0.4) is 0 Å². The zero-order chi connectivity index (χ0) is 9.97. The molecule has 0 aromatic rings. The number of rotatable bonds is 3. The second-order valence-corrected chi connectivity index (χ2v) is 4.90. The standard InChI is InChI=1S/C12H20O2/c1-9(2)8-10-4-3-5-11(10)12-13-6-7-14-12/h6-7,9-12H,3-5,8H2,1-2H3. The first-order valence-electron chi connectivity index (χ1n) is 5.73. The van der Waals surface area contributed by atoms with Gasteiger partial charge in [0.25, 0.3) is 0 Å². The summed E-state index contributed by atoms with van der Waals surface area (Å²) in [7, 11) is 0. The summed E-state index contributed by atoms with van der Waals surface area (Å²) in [5.74, 6) is 2.21. The van der Waals surface area contributed by atoms with Crippen molar-refractivity contribution < 1.29 is 9.47 Å². The normalized spacial score (nSPS) is 32.2. The van der Waals surface area contributed by atoms with Crippen molar-refractivity contribution >= 4 is 0 Å². The quantitative estimate of drug-likeness (QED) is 0.689. The SMILES string of the molecule is CC(C)CC1CCCC1C1OC=CO1. The van der Waals surface area contributed by atoms with Crippen molar-refractivity contribution in [3.8, 4) is 0 Å². The van der Waals surface area contributed by atoms with E-state index in [1.54, 1.807) is 12.5 Å². The van der Waals surface area contributed by atoms with Crippen molar-refractivity contribution in [2.75, 3.05) is 0 Å². The molecular formula is C12H20O2. The molecule has 0 amide bonds.